The van der Waals surface area contributed by atoms with Crippen LogP contribution in [0.1, 0.15) is 36.6 Å². The van der Waals surface area contributed by atoms with Crippen LogP contribution in [0.4, 0.5) is 4.39 Å². The molecule has 0 aliphatic heterocycles. The fourth-order valence-corrected chi connectivity index (χ4v) is 2.69. The van der Waals surface area contributed by atoms with E-state index in [1.165, 1.54) is 18.6 Å². The van der Waals surface area contributed by atoms with Crippen molar-refractivity contribution in [2.45, 2.75) is 39.3 Å². The van der Waals surface area contributed by atoms with Gasteiger partial charge < -0.3 is 10.5 Å². The minimum atomic E-state index is -0.257. The summed E-state index contributed by atoms with van der Waals surface area (Å²) in [5, 5.41) is 0. The number of aryl methyl sites for hydroxylation is 1. The molecule has 126 valence electrons. The zero-order valence-electron chi connectivity index (χ0n) is 14.0. The summed E-state index contributed by atoms with van der Waals surface area (Å²) in [6.45, 7) is 4.49. The number of hydrogen-bond donors (Lipinski definition) is 1. The Morgan fingerprint density at radius 3 is 2.58 bits per heavy atom. The van der Waals surface area contributed by atoms with Crippen molar-refractivity contribution in [3.8, 4) is 5.88 Å². The number of amidine groups is 1. The molecule has 1 saturated carbocycles. The van der Waals surface area contributed by atoms with E-state index in [0.717, 1.165) is 23.2 Å². The van der Waals surface area contributed by atoms with Gasteiger partial charge in [0.25, 0.3) is 0 Å². The topological polar surface area (TPSA) is 60.5 Å². The Bertz CT molecular complexity index is 743. The van der Waals surface area contributed by atoms with Crippen molar-refractivity contribution in [3.05, 3.63) is 59.0 Å². The van der Waals surface area contributed by atoms with Crippen LogP contribution in [0.3, 0.4) is 0 Å². The molecular weight excluding hydrogens is 305 g/mol. The molecule has 1 heterocycles. The van der Waals surface area contributed by atoms with Gasteiger partial charge in [-0.3, -0.25) is 4.99 Å². The molecule has 0 bridgehead atoms. The van der Waals surface area contributed by atoms with Crippen molar-refractivity contribution in [1.29, 1.82) is 0 Å². The zero-order valence-corrected chi connectivity index (χ0v) is 14.0. The van der Waals surface area contributed by atoms with Crippen LogP contribution in [0, 0.1) is 18.7 Å². The van der Waals surface area contributed by atoms with E-state index >= 15 is 0 Å². The SMILES string of the molecule is Cc1nc(OC2CCC2C)ccc1C(N)=NCc1ccc(F)cc1. The van der Waals surface area contributed by atoms with E-state index in [4.69, 9.17) is 10.5 Å². The molecule has 1 aliphatic carbocycles. The Balaban J connectivity index is 1.68. The van der Waals surface area contributed by atoms with Crippen molar-refractivity contribution >= 4 is 5.84 Å². The molecule has 0 spiro atoms. The first kappa shape index (κ1) is 16.4. The van der Waals surface area contributed by atoms with E-state index in [2.05, 4.69) is 16.9 Å². The van der Waals surface area contributed by atoms with Crippen LogP contribution in [0.25, 0.3) is 0 Å². The maximum atomic E-state index is 12.9. The lowest BCUT2D eigenvalue weighted by Crippen LogP contribution is -2.34. The predicted molar refractivity (Wildman–Crippen MR) is 92.6 cm³/mol. The van der Waals surface area contributed by atoms with Crippen LogP contribution < -0.4 is 10.5 Å². The number of aromatic nitrogens is 1. The van der Waals surface area contributed by atoms with Crippen LogP contribution in [0.5, 0.6) is 5.88 Å². The Kier molecular flexibility index (Phi) is 4.79. The number of nitrogens with zero attached hydrogens (tertiary/aromatic N) is 2. The lowest BCUT2D eigenvalue weighted by atomic mass is 9.84. The van der Waals surface area contributed by atoms with Crippen molar-refractivity contribution in [1.82, 2.24) is 4.98 Å². The quantitative estimate of drug-likeness (QED) is 0.674. The number of halogens is 1. The number of ether oxygens (including phenoxy) is 1. The first-order valence-corrected chi connectivity index (χ1v) is 8.22. The van der Waals surface area contributed by atoms with Gasteiger partial charge in [0.15, 0.2) is 0 Å². The van der Waals surface area contributed by atoms with E-state index < -0.39 is 0 Å². The molecule has 0 radical (unpaired) electrons. The van der Waals surface area contributed by atoms with Crippen molar-refractivity contribution in [2.24, 2.45) is 16.6 Å². The van der Waals surface area contributed by atoms with Gasteiger partial charge in [0.1, 0.15) is 17.8 Å². The second kappa shape index (κ2) is 6.99. The standard InChI is InChI=1S/C19H22FN3O/c1-12-3-9-17(12)24-18-10-8-16(13(2)23-18)19(21)22-11-14-4-6-15(20)7-5-14/h4-8,10,12,17H,3,9,11H2,1-2H3,(H2,21,22). The molecule has 1 aliphatic rings. The van der Waals surface area contributed by atoms with Gasteiger partial charge in [0.05, 0.1) is 12.2 Å². The number of hydrogen-bond acceptors (Lipinski definition) is 3. The summed E-state index contributed by atoms with van der Waals surface area (Å²) in [6, 6.07) is 9.98. The molecule has 0 amide bonds. The van der Waals surface area contributed by atoms with Crippen LogP contribution in [0.2, 0.25) is 0 Å². The van der Waals surface area contributed by atoms with Crippen LogP contribution in [-0.2, 0) is 6.54 Å². The van der Waals surface area contributed by atoms with Crippen LogP contribution >= 0.6 is 0 Å². The fourth-order valence-electron chi connectivity index (χ4n) is 2.69. The van der Waals surface area contributed by atoms with E-state index in [9.17, 15) is 4.39 Å². The Morgan fingerprint density at radius 2 is 2.00 bits per heavy atom. The van der Waals surface area contributed by atoms with E-state index in [-0.39, 0.29) is 11.9 Å². The third kappa shape index (κ3) is 3.72. The van der Waals surface area contributed by atoms with E-state index in [0.29, 0.717) is 24.2 Å². The predicted octanol–water partition coefficient (Wildman–Crippen LogP) is 3.61. The van der Waals surface area contributed by atoms with Gasteiger partial charge in [-0.25, -0.2) is 9.37 Å². The lowest BCUT2D eigenvalue weighted by Gasteiger charge is -2.33. The summed E-state index contributed by atoms with van der Waals surface area (Å²) in [5.41, 5.74) is 8.57. The molecule has 0 saturated heterocycles. The summed E-state index contributed by atoms with van der Waals surface area (Å²) in [7, 11) is 0. The highest BCUT2D eigenvalue weighted by atomic mass is 19.1. The minimum absolute atomic E-state index is 0.257. The summed E-state index contributed by atoms with van der Waals surface area (Å²) in [5.74, 6) is 1.40. The Morgan fingerprint density at radius 1 is 1.25 bits per heavy atom. The van der Waals surface area contributed by atoms with Gasteiger partial charge in [-0.1, -0.05) is 19.1 Å². The molecule has 1 aromatic heterocycles. The minimum Gasteiger partial charge on any atom is -0.474 e. The number of nitrogens with two attached hydrogens (primary N) is 1. The number of aliphatic imine (C=N–C) groups is 1. The molecule has 24 heavy (non-hydrogen) atoms. The highest BCUT2D eigenvalue weighted by Crippen LogP contribution is 2.30. The summed E-state index contributed by atoms with van der Waals surface area (Å²) < 4.78 is 18.8. The molecule has 2 unspecified atom stereocenters. The van der Waals surface area contributed by atoms with Gasteiger partial charge in [-0.05, 0) is 49.4 Å². The third-order valence-electron chi connectivity index (χ3n) is 4.49. The first-order valence-electron chi connectivity index (χ1n) is 8.22. The normalized spacial score (nSPS) is 20.5. The molecule has 3 rings (SSSR count). The van der Waals surface area contributed by atoms with E-state index in [1.54, 1.807) is 12.1 Å². The lowest BCUT2D eigenvalue weighted by molar-refractivity contribution is 0.0534. The molecular formula is C19H22FN3O. The maximum Gasteiger partial charge on any atom is 0.213 e. The van der Waals surface area contributed by atoms with E-state index in [1.807, 2.05) is 19.1 Å². The van der Waals surface area contributed by atoms with Gasteiger partial charge in [0.2, 0.25) is 5.88 Å². The van der Waals surface area contributed by atoms with Crippen LogP contribution in [0.15, 0.2) is 41.4 Å². The average molecular weight is 327 g/mol. The van der Waals surface area contributed by atoms with Gasteiger partial charge in [-0.15, -0.1) is 0 Å². The second-order valence-electron chi connectivity index (χ2n) is 6.32. The molecule has 5 heteroatoms. The molecule has 2 aromatic rings. The molecule has 1 aromatic carbocycles. The smallest absolute Gasteiger partial charge is 0.213 e. The van der Waals surface area contributed by atoms with Crippen molar-refractivity contribution in [2.75, 3.05) is 0 Å². The average Bonchev–Trinajstić information content (AvgIpc) is 2.57. The van der Waals surface area contributed by atoms with Crippen molar-refractivity contribution < 1.29 is 9.13 Å². The molecule has 4 nitrogen and oxygen atoms in total. The van der Waals surface area contributed by atoms with Crippen LogP contribution in [-0.4, -0.2) is 16.9 Å². The Labute approximate surface area is 141 Å². The van der Waals surface area contributed by atoms with Gasteiger partial charge in [0, 0.05) is 11.6 Å². The largest absolute Gasteiger partial charge is 0.474 e. The molecule has 1 fully saturated rings. The summed E-state index contributed by atoms with van der Waals surface area (Å²) in [4.78, 5) is 8.86. The highest BCUT2D eigenvalue weighted by Gasteiger charge is 2.29. The summed E-state index contributed by atoms with van der Waals surface area (Å²) >= 11 is 0. The highest BCUT2D eigenvalue weighted by molar-refractivity contribution is 5.98. The number of rotatable bonds is 5. The number of benzene rings is 1. The molecule has 2 N–H and O–H groups in total. The zero-order chi connectivity index (χ0) is 17.1. The molecule has 2 atom stereocenters. The first-order chi connectivity index (χ1) is 11.5. The Hall–Kier alpha value is -2.43. The number of pyridine rings is 1. The van der Waals surface area contributed by atoms with Gasteiger partial charge >= 0.3 is 0 Å². The summed E-state index contributed by atoms with van der Waals surface area (Å²) in [6.07, 6.45) is 2.57. The monoisotopic (exact) mass is 327 g/mol. The maximum absolute atomic E-state index is 12.9. The second-order valence-corrected chi connectivity index (χ2v) is 6.32. The fraction of sp³-hybridized carbons (Fsp3) is 0.368. The van der Waals surface area contributed by atoms with Gasteiger partial charge in [-0.2, -0.15) is 0 Å². The third-order valence-corrected chi connectivity index (χ3v) is 4.49. The van der Waals surface area contributed by atoms with Crippen molar-refractivity contribution in [3.63, 3.8) is 0 Å².